The van der Waals surface area contributed by atoms with E-state index in [1.807, 2.05) is 0 Å². The van der Waals surface area contributed by atoms with Crippen LogP contribution < -0.4 is 10.9 Å². The number of carboxylic acid groups (broad SMARTS) is 1. The first-order valence-electron chi connectivity index (χ1n) is 4.79. The Hall–Kier alpha value is -1.61. The number of aromatic carboxylic acids is 1. The lowest BCUT2D eigenvalue weighted by Gasteiger charge is -2.02. The average molecular weight is 289 g/mol. The fourth-order valence-electron chi connectivity index (χ4n) is 0.953. The maximum absolute atomic E-state index is 11.3. The molecule has 0 radical (unpaired) electrons. The third-order valence-corrected chi connectivity index (χ3v) is 3.96. The Kier molecular flexibility index (Phi) is 5.10. The summed E-state index contributed by atoms with van der Waals surface area (Å²) >= 11 is 2.13. The van der Waals surface area contributed by atoms with Crippen molar-refractivity contribution in [3.63, 3.8) is 0 Å². The Balaban J connectivity index is 2.48. The van der Waals surface area contributed by atoms with Gasteiger partial charge in [-0.15, -0.1) is 11.3 Å². The molecule has 0 aliphatic heterocycles. The first kappa shape index (κ1) is 14.5. The SMILES string of the molecule is CC(=O)NNC(=O)CSc1nc(C)c(C(=O)O)s1. The molecule has 0 aromatic carbocycles. The minimum absolute atomic E-state index is 0.0479. The van der Waals surface area contributed by atoms with Crippen molar-refractivity contribution < 1.29 is 19.5 Å². The van der Waals surface area contributed by atoms with Crippen molar-refractivity contribution in [2.75, 3.05) is 5.75 Å². The number of carbonyl (C=O) groups excluding carboxylic acids is 2. The van der Waals surface area contributed by atoms with Gasteiger partial charge in [0.15, 0.2) is 4.34 Å². The number of hydrogen-bond acceptors (Lipinski definition) is 6. The molecule has 9 heteroatoms. The van der Waals surface area contributed by atoms with Gasteiger partial charge in [0, 0.05) is 6.92 Å². The predicted octanol–water partition coefficient (Wildman–Crippen LogP) is 0.409. The number of thioether (sulfide) groups is 1. The van der Waals surface area contributed by atoms with Crippen molar-refractivity contribution >= 4 is 40.9 Å². The number of hydrogen-bond donors (Lipinski definition) is 3. The molecule has 2 amide bonds. The summed E-state index contributed by atoms with van der Waals surface area (Å²) in [6.07, 6.45) is 0. The van der Waals surface area contributed by atoms with Gasteiger partial charge in [-0.3, -0.25) is 20.4 Å². The Labute approximate surface area is 111 Å². The molecule has 0 unspecified atom stereocenters. The Morgan fingerprint density at radius 3 is 2.56 bits per heavy atom. The maximum atomic E-state index is 11.3. The second kappa shape index (κ2) is 6.36. The molecule has 98 valence electrons. The number of aryl methyl sites for hydroxylation is 1. The van der Waals surface area contributed by atoms with E-state index in [1.54, 1.807) is 6.92 Å². The van der Waals surface area contributed by atoms with E-state index in [-0.39, 0.29) is 22.4 Å². The van der Waals surface area contributed by atoms with Gasteiger partial charge in [0.25, 0.3) is 0 Å². The second-order valence-corrected chi connectivity index (χ2v) is 5.44. The zero-order chi connectivity index (χ0) is 13.7. The lowest BCUT2D eigenvalue weighted by Crippen LogP contribution is -2.41. The van der Waals surface area contributed by atoms with Crippen LogP contribution in [-0.4, -0.2) is 33.6 Å². The molecule has 0 aliphatic rings. The highest BCUT2D eigenvalue weighted by Crippen LogP contribution is 2.26. The fraction of sp³-hybridized carbons (Fsp3) is 0.333. The van der Waals surface area contributed by atoms with Crippen LogP contribution in [0.3, 0.4) is 0 Å². The number of amides is 2. The van der Waals surface area contributed by atoms with Crippen molar-refractivity contribution in [1.82, 2.24) is 15.8 Å². The summed E-state index contributed by atoms with van der Waals surface area (Å²) < 4.78 is 0.503. The van der Waals surface area contributed by atoms with E-state index in [0.29, 0.717) is 10.0 Å². The van der Waals surface area contributed by atoms with E-state index in [9.17, 15) is 14.4 Å². The van der Waals surface area contributed by atoms with E-state index < -0.39 is 5.97 Å². The van der Waals surface area contributed by atoms with Gasteiger partial charge in [0.05, 0.1) is 11.4 Å². The van der Waals surface area contributed by atoms with Gasteiger partial charge in [-0.25, -0.2) is 9.78 Å². The van der Waals surface area contributed by atoms with E-state index in [1.165, 1.54) is 6.92 Å². The number of nitrogens with zero attached hydrogens (tertiary/aromatic N) is 1. The summed E-state index contributed by atoms with van der Waals surface area (Å²) in [6, 6.07) is 0. The average Bonchev–Trinajstić information content (AvgIpc) is 2.65. The van der Waals surface area contributed by atoms with Crippen molar-refractivity contribution in [2.45, 2.75) is 18.2 Å². The summed E-state index contributed by atoms with van der Waals surface area (Å²) in [6.45, 7) is 2.87. The molecule has 1 aromatic heterocycles. The lowest BCUT2D eigenvalue weighted by molar-refractivity contribution is -0.126. The summed E-state index contributed by atoms with van der Waals surface area (Å²) in [5.74, 6) is -1.74. The van der Waals surface area contributed by atoms with E-state index in [4.69, 9.17) is 5.11 Å². The Bertz CT molecular complexity index is 486. The molecule has 0 saturated carbocycles. The van der Waals surface area contributed by atoms with Gasteiger partial charge in [-0.2, -0.15) is 0 Å². The van der Waals surface area contributed by atoms with E-state index >= 15 is 0 Å². The van der Waals surface area contributed by atoms with Crippen LogP contribution in [0.1, 0.15) is 22.3 Å². The summed E-state index contributed by atoms with van der Waals surface area (Å²) in [5.41, 5.74) is 4.78. The molecular formula is C9H11N3O4S2. The Morgan fingerprint density at radius 1 is 1.39 bits per heavy atom. The first-order chi connectivity index (χ1) is 8.40. The molecule has 0 fully saturated rings. The number of rotatable bonds is 4. The molecule has 1 heterocycles. The second-order valence-electron chi connectivity index (χ2n) is 3.22. The smallest absolute Gasteiger partial charge is 0.347 e. The Morgan fingerprint density at radius 2 is 2.06 bits per heavy atom. The number of aromatic nitrogens is 1. The van der Waals surface area contributed by atoms with Crippen LogP contribution in [0.25, 0.3) is 0 Å². The highest BCUT2D eigenvalue weighted by Gasteiger charge is 2.15. The first-order valence-corrected chi connectivity index (χ1v) is 6.59. The van der Waals surface area contributed by atoms with Crippen molar-refractivity contribution in [3.05, 3.63) is 10.6 Å². The summed E-state index contributed by atoms with van der Waals surface area (Å²) in [5, 5.41) is 8.84. The highest BCUT2D eigenvalue weighted by molar-refractivity contribution is 8.01. The molecule has 3 N–H and O–H groups in total. The zero-order valence-electron chi connectivity index (χ0n) is 9.64. The van der Waals surface area contributed by atoms with Crippen LogP contribution in [0.2, 0.25) is 0 Å². The highest BCUT2D eigenvalue weighted by atomic mass is 32.2. The van der Waals surface area contributed by atoms with Gasteiger partial charge < -0.3 is 5.11 Å². The number of thiazole rings is 1. The normalized spacial score (nSPS) is 9.89. The van der Waals surface area contributed by atoms with Gasteiger partial charge in [0.2, 0.25) is 11.8 Å². The number of hydrazine groups is 1. The fourth-order valence-corrected chi connectivity index (χ4v) is 2.78. The van der Waals surface area contributed by atoms with Crippen LogP contribution in [0.5, 0.6) is 0 Å². The van der Waals surface area contributed by atoms with Gasteiger partial charge in [0.1, 0.15) is 4.88 Å². The summed E-state index contributed by atoms with van der Waals surface area (Å²) in [4.78, 5) is 36.8. The molecule has 0 spiro atoms. The third-order valence-electron chi connectivity index (χ3n) is 1.68. The number of carbonyl (C=O) groups is 3. The molecule has 1 aromatic rings. The number of nitrogens with one attached hydrogen (secondary N) is 2. The monoisotopic (exact) mass is 289 g/mol. The molecule has 0 atom stereocenters. The topological polar surface area (TPSA) is 108 Å². The maximum Gasteiger partial charge on any atom is 0.347 e. The van der Waals surface area contributed by atoms with Crippen LogP contribution >= 0.6 is 23.1 Å². The molecule has 0 saturated heterocycles. The van der Waals surface area contributed by atoms with Crippen molar-refractivity contribution in [3.8, 4) is 0 Å². The zero-order valence-corrected chi connectivity index (χ0v) is 11.3. The van der Waals surface area contributed by atoms with Crippen LogP contribution in [-0.2, 0) is 9.59 Å². The molecule has 1 rings (SSSR count). The van der Waals surface area contributed by atoms with Crippen LogP contribution in [0.4, 0.5) is 0 Å². The van der Waals surface area contributed by atoms with Gasteiger partial charge in [-0.05, 0) is 6.92 Å². The largest absolute Gasteiger partial charge is 0.477 e. The molecule has 7 nitrogen and oxygen atoms in total. The van der Waals surface area contributed by atoms with Gasteiger partial charge in [-0.1, -0.05) is 11.8 Å². The van der Waals surface area contributed by atoms with Crippen molar-refractivity contribution in [1.29, 1.82) is 0 Å². The molecule has 0 bridgehead atoms. The van der Waals surface area contributed by atoms with Crippen molar-refractivity contribution in [2.24, 2.45) is 0 Å². The quantitative estimate of drug-likeness (QED) is 0.547. The van der Waals surface area contributed by atoms with Crippen LogP contribution in [0.15, 0.2) is 4.34 Å². The minimum atomic E-state index is -1.03. The standard InChI is InChI=1S/C9H11N3O4S2/c1-4-7(8(15)16)18-9(10-4)17-3-6(14)12-11-5(2)13/h3H2,1-2H3,(H,11,13)(H,12,14)(H,15,16). The van der Waals surface area contributed by atoms with Crippen LogP contribution in [0, 0.1) is 6.92 Å². The van der Waals surface area contributed by atoms with E-state index in [2.05, 4.69) is 15.8 Å². The molecule has 18 heavy (non-hydrogen) atoms. The molecule has 0 aliphatic carbocycles. The predicted molar refractivity (Wildman–Crippen MR) is 66.5 cm³/mol. The number of carboxylic acids is 1. The third kappa shape index (κ3) is 4.34. The lowest BCUT2D eigenvalue weighted by atomic mass is 10.4. The molecular weight excluding hydrogens is 278 g/mol. The summed E-state index contributed by atoms with van der Waals surface area (Å²) in [7, 11) is 0. The minimum Gasteiger partial charge on any atom is -0.477 e. The van der Waals surface area contributed by atoms with E-state index in [0.717, 1.165) is 23.1 Å². The van der Waals surface area contributed by atoms with Gasteiger partial charge >= 0.3 is 5.97 Å².